The summed E-state index contributed by atoms with van der Waals surface area (Å²) in [4.78, 5) is 17.2. The van der Waals surface area contributed by atoms with Gasteiger partial charge in [0.25, 0.3) is 5.91 Å². The molecule has 0 bridgehead atoms. The molecule has 0 saturated carbocycles. The highest BCUT2D eigenvalue weighted by Gasteiger charge is 2.14. The van der Waals surface area contributed by atoms with Crippen molar-refractivity contribution in [2.24, 2.45) is 0 Å². The second-order valence-corrected chi connectivity index (χ2v) is 5.94. The lowest BCUT2D eigenvalue weighted by atomic mass is 10.2. The van der Waals surface area contributed by atoms with Gasteiger partial charge in [-0.1, -0.05) is 36.4 Å². The number of nitrogens with one attached hydrogen (secondary N) is 1. The topological polar surface area (TPSA) is 56.2 Å². The van der Waals surface area contributed by atoms with Gasteiger partial charge in [-0.15, -0.1) is 0 Å². The molecule has 1 amide bonds. The number of benzene rings is 2. The van der Waals surface area contributed by atoms with E-state index in [0.29, 0.717) is 24.4 Å². The Morgan fingerprint density at radius 1 is 1.20 bits per heavy atom. The van der Waals surface area contributed by atoms with E-state index in [1.807, 2.05) is 43.3 Å². The highest BCUT2D eigenvalue weighted by atomic mass is 16.5. The van der Waals surface area contributed by atoms with Gasteiger partial charge in [0, 0.05) is 6.54 Å². The molecular weight excluding hydrogens is 314 g/mol. The third kappa shape index (κ3) is 3.55. The second-order valence-electron chi connectivity index (χ2n) is 5.94. The molecule has 0 atom stereocenters. The Morgan fingerprint density at radius 2 is 1.92 bits per heavy atom. The fourth-order valence-corrected chi connectivity index (χ4v) is 2.79. The van der Waals surface area contributed by atoms with Crippen LogP contribution in [0.2, 0.25) is 0 Å². The second kappa shape index (κ2) is 7.21. The largest absolute Gasteiger partial charge is 0.496 e. The molecule has 5 heteroatoms. The summed E-state index contributed by atoms with van der Waals surface area (Å²) < 4.78 is 7.33. The van der Waals surface area contributed by atoms with Gasteiger partial charge in [0.15, 0.2) is 0 Å². The molecule has 2 aromatic carbocycles. The van der Waals surface area contributed by atoms with Gasteiger partial charge in [-0.3, -0.25) is 4.79 Å². The number of amides is 1. The first kappa shape index (κ1) is 16.8. The average Bonchev–Trinajstić information content (AvgIpc) is 2.96. The number of methoxy groups -OCH3 is 1. The molecule has 0 aliphatic rings. The van der Waals surface area contributed by atoms with Crippen LogP contribution in [0.5, 0.6) is 5.75 Å². The number of hydrogen-bond acceptors (Lipinski definition) is 3. The lowest BCUT2D eigenvalue weighted by Gasteiger charge is -2.11. The number of hydrogen-bond donors (Lipinski definition) is 1. The maximum Gasteiger partial charge on any atom is 0.255 e. The number of para-hydroxylation sites is 3. The number of ether oxygens (including phenoxy) is 1. The number of carbonyl (C=O) groups is 1. The number of aromatic nitrogens is 2. The van der Waals surface area contributed by atoms with Crippen molar-refractivity contribution in [1.29, 1.82) is 0 Å². The van der Waals surface area contributed by atoms with E-state index in [0.717, 1.165) is 22.4 Å². The zero-order valence-electron chi connectivity index (χ0n) is 14.5. The van der Waals surface area contributed by atoms with Crippen LogP contribution in [0.1, 0.15) is 23.1 Å². The van der Waals surface area contributed by atoms with Crippen molar-refractivity contribution >= 4 is 16.9 Å². The first-order valence-corrected chi connectivity index (χ1v) is 8.10. The summed E-state index contributed by atoms with van der Waals surface area (Å²) in [5.74, 6) is 1.16. The van der Waals surface area contributed by atoms with Crippen molar-refractivity contribution < 1.29 is 9.53 Å². The quantitative estimate of drug-likeness (QED) is 0.701. The number of nitrogens with zero attached hydrogens (tertiary/aromatic N) is 2. The number of rotatable bonds is 6. The van der Waals surface area contributed by atoms with E-state index < -0.39 is 0 Å². The van der Waals surface area contributed by atoms with E-state index in [1.165, 1.54) is 0 Å². The number of imidazole rings is 1. The van der Waals surface area contributed by atoms with Crippen LogP contribution in [-0.4, -0.2) is 22.6 Å². The number of fused-ring (bicyclic) bond motifs is 1. The van der Waals surface area contributed by atoms with E-state index in [4.69, 9.17) is 4.74 Å². The molecule has 128 valence electrons. The van der Waals surface area contributed by atoms with Crippen molar-refractivity contribution in [3.63, 3.8) is 0 Å². The maximum absolute atomic E-state index is 12.5. The molecule has 0 spiro atoms. The first-order valence-electron chi connectivity index (χ1n) is 8.10. The van der Waals surface area contributed by atoms with Crippen LogP contribution >= 0.6 is 0 Å². The van der Waals surface area contributed by atoms with Crippen LogP contribution < -0.4 is 10.1 Å². The summed E-state index contributed by atoms with van der Waals surface area (Å²) in [7, 11) is 1.55. The van der Waals surface area contributed by atoms with Crippen LogP contribution in [0.25, 0.3) is 11.0 Å². The zero-order chi connectivity index (χ0) is 17.8. The van der Waals surface area contributed by atoms with E-state index in [9.17, 15) is 4.79 Å². The SMILES string of the molecule is C=C(C)Cn1c(CNC(=O)c2ccccc2OC)nc2ccccc21. The summed E-state index contributed by atoms with van der Waals surface area (Å²) in [6.45, 7) is 6.97. The molecule has 3 rings (SSSR count). The normalized spacial score (nSPS) is 10.6. The maximum atomic E-state index is 12.5. The van der Waals surface area contributed by atoms with Crippen LogP contribution in [0.3, 0.4) is 0 Å². The molecule has 0 saturated heterocycles. The molecular formula is C20H21N3O2. The molecule has 0 aliphatic heterocycles. The van der Waals surface area contributed by atoms with E-state index >= 15 is 0 Å². The van der Waals surface area contributed by atoms with Crippen molar-refractivity contribution in [2.75, 3.05) is 7.11 Å². The lowest BCUT2D eigenvalue weighted by Crippen LogP contribution is -2.25. The minimum absolute atomic E-state index is 0.189. The fraction of sp³-hybridized carbons (Fsp3) is 0.200. The Morgan fingerprint density at radius 3 is 2.68 bits per heavy atom. The van der Waals surface area contributed by atoms with Gasteiger partial charge in [0.05, 0.1) is 30.3 Å². The summed E-state index contributed by atoms with van der Waals surface area (Å²) in [6.07, 6.45) is 0. The summed E-state index contributed by atoms with van der Waals surface area (Å²) in [5, 5.41) is 2.93. The summed E-state index contributed by atoms with van der Waals surface area (Å²) in [6, 6.07) is 15.1. The van der Waals surface area contributed by atoms with Crippen molar-refractivity contribution in [1.82, 2.24) is 14.9 Å². The van der Waals surface area contributed by atoms with Gasteiger partial charge >= 0.3 is 0 Å². The molecule has 0 fully saturated rings. The molecule has 3 aromatic rings. The Labute approximate surface area is 146 Å². The van der Waals surface area contributed by atoms with Gasteiger partial charge < -0.3 is 14.6 Å². The molecule has 0 aliphatic carbocycles. The molecule has 5 nitrogen and oxygen atoms in total. The van der Waals surface area contributed by atoms with Gasteiger partial charge in [0.2, 0.25) is 0 Å². The van der Waals surface area contributed by atoms with Crippen molar-refractivity contribution in [3.05, 3.63) is 72.1 Å². The van der Waals surface area contributed by atoms with Gasteiger partial charge in [-0.2, -0.15) is 0 Å². The Hall–Kier alpha value is -3.08. The predicted molar refractivity (Wildman–Crippen MR) is 98.7 cm³/mol. The van der Waals surface area contributed by atoms with Gasteiger partial charge in [0.1, 0.15) is 11.6 Å². The molecule has 1 N–H and O–H groups in total. The molecule has 25 heavy (non-hydrogen) atoms. The van der Waals surface area contributed by atoms with Crippen LogP contribution in [0.15, 0.2) is 60.7 Å². The third-order valence-corrected chi connectivity index (χ3v) is 3.92. The van der Waals surface area contributed by atoms with Crippen LogP contribution in [0.4, 0.5) is 0 Å². The van der Waals surface area contributed by atoms with Gasteiger partial charge in [-0.05, 0) is 31.2 Å². The predicted octanol–water partition coefficient (Wildman–Crippen LogP) is 3.55. The van der Waals surface area contributed by atoms with Crippen LogP contribution in [0, 0.1) is 0 Å². The number of carbonyl (C=O) groups excluding carboxylic acids is 1. The minimum atomic E-state index is -0.189. The standard InChI is InChI=1S/C20H21N3O2/c1-14(2)13-23-17-10-6-5-9-16(17)22-19(23)12-21-20(24)15-8-4-7-11-18(15)25-3/h4-11H,1,12-13H2,2-3H3,(H,21,24). The highest BCUT2D eigenvalue weighted by Crippen LogP contribution is 2.19. The zero-order valence-corrected chi connectivity index (χ0v) is 14.5. The fourth-order valence-electron chi connectivity index (χ4n) is 2.79. The molecule has 1 aromatic heterocycles. The smallest absolute Gasteiger partial charge is 0.255 e. The molecule has 0 radical (unpaired) electrons. The Kier molecular flexibility index (Phi) is 4.84. The summed E-state index contributed by atoms with van der Waals surface area (Å²) >= 11 is 0. The average molecular weight is 335 g/mol. The Bertz CT molecular complexity index is 928. The minimum Gasteiger partial charge on any atom is -0.496 e. The molecule has 0 unspecified atom stereocenters. The number of allylic oxidation sites excluding steroid dienone is 1. The van der Waals surface area contributed by atoms with Gasteiger partial charge in [-0.25, -0.2) is 4.98 Å². The van der Waals surface area contributed by atoms with E-state index in [2.05, 4.69) is 21.4 Å². The van der Waals surface area contributed by atoms with E-state index in [1.54, 1.807) is 19.2 Å². The van der Waals surface area contributed by atoms with Crippen LogP contribution in [-0.2, 0) is 13.1 Å². The molecule has 1 heterocycles. The first-order chi connectivity index (χ1) is 12.1. The Balaban J connectivity index is 1.85. The van der Waals surface area contributed by atoms with Crippen molar-refractivity contribution in [2.45, 2.75) is 20.0 Å². The van der Waals surface area contributed by atoms with E-state index in [-0.39, 0.29) is 5.91 Å². The highest BCUT2D eigenvalue weighted by molar-refractivity contribution is 5.96. The lowest BCUT2D eigenvalue weighted by molar-refractivity contribution is 0.0946. The monoisotopic (exact) mass is 335 g/mol. The summed E-state index contributed by atoms with van der Waals surface area (Å²) in [5.41, 5.74) is 3.48. The van der Waals surface area contributed by atoms with Crippen molar-refractivity contribution in [3.8, 4) is 5.75 Å². The third-order valence-electron chi connectivity index (χ3n) is 3.92.